The Kier molecular flexibility index (Phi) is 4.80. The molecule has 86 valence electrons. The molecule has 0 aliphatic heterocycles. The summed E-state index contributed by atoms with van der Waals surface area (Å²) in [5.41, 5.74) is 8.32. The van der Waals surface area contributed by atoms with Gasteiger partial charge in [0.1, 0.15) is 5.75 Å². The largest absolute Gasteiger partial charge is 0.496 e. The summed E-state index contributed by atoms with van der Waals surface area (Å²) >= 11 is 1.66. The van der Waals surface area contributed by atoms with Crippen LogP contribution in [-0.2, 0) is 0 Å². The lowest BCUT2D eigenvalue weighted by atomic mass is 10.0. The molecule has 0 saturated carbocycles. The fourth-order valence-corrected chi connectivity index (χ4v) is 2.25. The molecule has 0 aliphatic carbocycles. The monoisotopic (exact) mass is 255 g/mol. The molecule has 0 spiro atoms. The average molecular weight is 256 g/mol. The van der Waals surface area contributed by atoms with E-state index in [0.29, 0.717) is 0 Å². The van der Waals surface area contributed by atoms with Gasteiger partial charge in [-0.15, -0.1) is 12.4 Å². The summed E-state index contributed by atoms with van der Waals surface area (Å²) < 4.78 is 5.29. The Morgan fingerprint density at radius 3 is 2.62 bits per heavy atom. The van der Waals surface area contributed by atoms with Crippen LogP contribution in [0, 0.1) is 0 Å². The summed E-state index contributed by atoms with van der Waals surface area (Å²) in [5.74, 6) is 0.844. The van der Waals surface area contributed by atoms with Crippen LogP contribution >= 0.6 is 23.7 Å². The molecule has 2 N–H and O–H groups in total. The van der Waals surface area contributed by atoms with Gasteiger partial charge < -0.3 is 10.5 Å². The van der Waals surface area contributed by atoms with Gasteiger partial charge in [-0.25, -0.2) is 0 Å². The topological polar surface area (TPSA) is 35.2 Å². The fourth-order valence-electron chi connectivity index (χ4n) is 1.55. The van der Waals surface area contributed by atoms with Crippen molar-refractivity contribution >= 4 is 23.7 Å². The summed E-state index contributed by atoms with van der Waals surface area (Å²) in [6, 6.07) is 9.80. The van der Waals surface area contributed by atoms with Gasteiger partial charge in [-0.05, 0) is 28.5 Å². The molecule has 0 saturated heterocycles. The second-order valence-corrected chi connectivity index (χ2v) is 4.06. The lowest BCUT2D eigenvalue weighted by molar-refractivity contribution is 0.408. The van der Waals surface area contributed by atoms with Gasteiger partial charge in [-0.2, -0.15) is 11.3 Å². The minimum atomic E-state index is -0.104. The molecule has 2 nitrogen and oxygen atoms in total. The maximum atomic E-state index is 6.16. The first kappa shape index (κ1) is 13.0. The number of thiophene rings is 1. The third kappa shape index (κ3) is 2.55. The highest BCUT2D eigenvalue weighted by Gasteiger charge is 2.13. The van der Waals surface area contributed by atoms with Crippen molar-refractivity contribution in [1.82, 2.24) is 0 Å². The van der Waals surface area contributed by atoms with Crippen molar-refractivity contribution in [3.63, 3.8) is 0 Å². The van der Waals surface area contributed by atoms with Gasteiger partial charge in [0.05, 0.1) is 13.2 Å². The van der Waals surface area contributed by atoms with E-state index in [1.807, 2.05) is 35.7 Å². The van der Waals surface area contributed by atoms with Crippen molar-refractivity contribution in [3.8, 4) is 5.75 Å². The van der Waals surface area contributed by atoms with Crippen molar-refractivity contribution < 1.29 is 4.74 Å². The quantitative estimate of drug-likeness (QED) is 0.914. The molecule has 0 bridgehead atoms. The van der Waals surface area contributed by atoms with Crippen molar-refractivity contribution in [1.29, 1.82) is 0 Å². The maximum Gasteiger partial charge on any atom is 0.123 e. The van der Waals surface area contributed by atoms with Crippen LogP contribution < -0.4 is 10.5 Å². The number of benzene rings is 1. The van der Waals surface area contributed by atoms with E-state index in [-0.39, 0.29) is 18.4 Å². The molecule has 2 aromatic rings. The summed E-state index contributed by atoms with van der Waals surface area (Å²) in [7, 11) is 1.67. The lowest BCUT2D eigenvalue weighted by Gasteiger charge is -2.14. The Morgan fingerprint density at radius 2 is 2.00 bits per heavy atom. The Morgan fingerprint density at radius 1 is 1.25 bits per heavy atom. The molecule has 1 aromatic carbocycles. The minimum absolute atomic E-state index is 0. The lowest BCUT2D eigenvalue weighted by Crippen LogP contribution is -2.11. The van der Waals surface area contributed by atoms with Crippen LogP contribution in [0.3, 0.4) is 0 Å². The highest BCUT2D eigenvalue weighted by atomic mass is 35.5. The number of hydrogen-bond donors (Lipinski definition) is 1. The van der Waals surface area contributed by atoms with Gasteiger partial charge in [-0.1, -0.05) is 18.2 Å². The maximum absolute atomic E-state index is 6.16. The molecule has 2 rings (SSSR count). The standard InChI is InChI=1S/C12H13NOS.ClH/c1-14-11-5-3-2-4-10(11)12(13)9-6-7-15-8-9;/h2-8,12H,13H2,1H3;1H/t12-;/m1./s1. The molecule has 1 atom stereocenters. The highest BCUT2D eigenvalue weighted by Crippen LogP contribution is 2.28. The van der Waals surface area contributed by atoms with Crippen LogP contribution in [0.2, 0.25) is 0 Å². The predicted molar refractivity (Wildman–Crippen MR) is 70.6 cm³/mol. The minimum Gasteiger partial charge on any atom is -0.496 e. The number of ether oxygens (including phenoxy) is 1. The van der Waals surface area contributed by atoms with E-state index in [4.69, 9.17) is 10.5 Å². The van der Waals surface area contributed by atoms with E-state index in [2.05, 4.69) is 5.38 Å². The molecule has 4 heteroatoms. The van der Waals surface area contributed by atoms with Gasteiger partial charge in [0.15, 0.2) is 0 Å². The van der Waals surface area contributed by atoms with Gasteiger partial charge in [0.25, 0.3) is 0 Å². The number of halogens is 1. The Balaban J connectivity index is 0.00000128. The fraction of sp³-hybridized carbons (Fsp3) is 0.167. The van der Waals surface area contributed by atoms with Crippen molar-refractivity contribution in [3.05, 3.63) is 52.2 Å². The first-order valence-corrected chi connectivity index (χ1v) is 5.68. The molecule has 16 heavy (non-hydrogen) atoms. The third-order valence-electron chi connectivity index (χ3n) is 2.38. The number of nitrogens with two attached hydrogens (primary N) is 1. The number of rotatable bonds is 3. The van der Waals surface area contributed by atoms with Crippen molar-refractivity contribution in [2.24, 2.45) is 5.73 Å². The van der Waals surface area contributed by atoms with E-state index in [1.54, 1.807) is 18.4 Å². The van der Waals surface area contributed by atoms with Gasteiger partial charge in [0, 0.05) is 5.56 Å². The normalized spacial score (nSPS) is 11.6. The van der Waals surface area contributed by atoms with E-state index < -0.39 is 0 Å². The van der Waals surface area contributed by atoms with Crippen molar-refractivity contribution in [2.45, 2.75) is 6.04 Å². The van der Waals surface area contributed by atoms with E-state index in [1.165, 1.54) is 0 Å². The molecule has 0 radical (unpaired) electrons. The Bertz CT molecular complexity index is 430. The molecular formula is C12H14ClNOS. The van der Waals surface area contributed by atoms with Crippen LogP contribution in [-0.4, -0.2) is 7.11 Å². The summed E-state index contributed by atoms with van der Waals surface area (Å²) in [5, 5.41) is 4.10. The average Bonchev–Trinajstić information content (AvgIpc) is 2.81. The van der Waals surface area contributed by atoms with Gasteiger partial charge in [-0.3, -0.25) is 0 Å². The third-order valence-corrected chi connectivity index (χ3v) is 3.08. The van der Waals surface area contributed by atoms with Crippen molar-refractivity contribution in [2.75, 3.05) is 7.11 Å². The van der Waals surface area contributed by atoms with Crippen LogP contribution in [0.4, 0.5) is 0 Å². The molecule has 0 fully saturated rings. The Labute approximate surface area is 105 Å². The van der Waals surface area contributed by atoms with E-state index in [0.717, 1.165) is 16.9 Å². The number of hydrogen-bond acceptors (Lipinski definition) is 3. The highest BCUT2D eigenvalue weighted by molar-refractivity contribution is 7.08. The Hall–Kier alpha value is -1.03. The molecule has 0 aliphatic rings. The second-order valence-electron chi connectivity index (χ2n) is 3.28. The van der Waals surface area contributed by atoms with Crippen LogP contribution in [0.5, 0.6) is 5.75 Å². The summed E-state index contributed by atoms with van der Waals surface area (Å²) in [6.45, 7) is 0. The molecule has 1 heterocycles. The first-order valence-electron chi connectivity index (χ1n) is 4.73. The zero-order valence-corrected chi connectivity index (χ0v) is 10.6. The van der Waals surface area contributed by atoms with Gasteiger partial charge >= 0.3 is 0 Å². The first-order chi connectivity index (χ1) is 7.33. The zero-order valence-electron chi connectivity index (χ0n) is 8.92. The zero-order chi connectivity index (χ0) is 10.7. The summed E-state index contributed by atoms with van der Waals surface area (Å²) in [4.78, 5) is 0. The predicted octanol–water partition coefficient (Wildman–Crippen LogP) is 3.23. The molecule has 0 unspecified atom stereocenters. The van der Waals surface area contributed by atoms with E-state index in [9.17, 15) is 0 Å². The van der Waals surface area contributed by atoms with Gasteiger partial charge in [0.2, 0.25) is 0 Å². The SMILES string of the molecule is COc1ccccc1[C@H](N)c1ccsc1.Cl. The van der Waals surface area contributed by atoms with Crippen LogP contribution in [0.15, 0.2) is 41.1 Å². The molecule has 1 aromatic heterocycles. The van der Waals surface area contributed by atoms with Crippen LogP contribution in [0.25, 0.3) is 0 Å². The van der Waals surface area contributed by atoms with Crippen LogP contribution in [0.1, 0.15) is 17.2 Å². The smallest absolute Gasteiger partial charge is 0.123 e. The molecule has 0 amide bonds. The number of para-hydroxylation sites is 1. The van der Waals surface area contributed by atoms with E-state index >= 15 is 0 Å². The second kappa shape index (κ2) is 5.89. The summed E-state index contributed by atoms with van der Waals surface area (Å²) in [6.07, 6.45) is 0. The molecular weight excluding hydrogens is 242 g/mol. The number of methoxy groups -OCH3 is 1.